The molecule has 0 fully saturated rings. The summed E-state index contributed by atoms with van der Waals surface area (Å²) in [5, 5.41) is 0.446. The van der Waals surface area contributed by atoms with Gasteiger partial charge in [-0.05, 0) is 24.0 Å². The average Bonchev–Trinajstić information content (AvgIpc) is 2.74. The Kier molecular flexibility index (Phi) is 3.21. The van der Waals surface area contributed by atoms with Crippen LogP contribution in [0.25, 0.3) is 0 Å². The van der Waals surface area contributed by atoms with Gasteiger partial charge < -0.3 is 10.6 Å². The fourth-order valence-corrected chi connectivity index (χ4v) is 3.07. The molecule has 0 bridgehead atoms. The first kappa shape index (κ1) is 12.2. The van der Waals surface area contributed by atoms with Gasteiger partial charge in [0.25, 0.3) is 5.91 Å². The van der Waals surface area contributed by atoms with E-state index in [-0.39, 0.29) is 5.91 Å². The second-order valence-electron chi connectivity index (χ2n) is 4.62. The van der Waals surface area contributed by atoms with Crippen LogP contribution in [-0.4, -0.2) is 28.9 Å². The average molecular weight is 273 g/mol. The van der Waals surface area contributed by atoms with E-state index < -0.39 is 0 Å². The van der Waals surface area contributed by atoms with Crippen molar-refractivity contribution in [2.75, 3.05) is 18.8 Å². The highest BCUT2D eigenvalue weighted by atomic mass is 32.1. The number of anilines is 1. The van der Waals surface area contributed by atoms with Gasteiger partial charge in [-0.25, -0.2) is 4.98 Å². The summed E-state index contributed by atoms with van der Waals surface area (Å²) in [6.45, 7) is 1.52. The van der Waals surface area contributed by atoms with Gasteiger partial charge in [-0.1, -0.05) is 35.6 Å². The van der Waals surface area contributed by atoms with Crippen LogP contribution < -0.4 is 5.73 Å². The molecule has 0 aliphatic carbocycles. The van der Waals surface area contributed by atoms with Crippen LogP contribution in [0.3, 0.4) is 0 Å². The lowest BCUT2D eigenvalue weighted by Gasteiger charge is -2.18. The number of aromatic nitrogens is 1. The maximum atomic E-state index is 12.4. The number of nitrogen functional groups attached to an aromatic ring is 1. The second-order valence-corrected chi connectivity index (χ2v) is 5.69. The van der Waals surface area contributed by atoms with Crippen molar-refractivity contribution in [3.8, 4) is 0 Å². The van der Waals surface area contributed by atoms with Crippen molar-refractivity contribution in [2.45, 2.75) is 12.8 Å². The van der Waals surface area contributed by atoms with Gasteiger partial charge >= 0.3 is 0 Å². The molecule has 3 rings (SSSR count). The molecule has 0 spiro atoms. The van der Waals surface area contributed by atoms with E-state index in [9.17, 15) is 4.79 Å². The van der Waals surface area contributed by atoms with Gasteiger partial charge in [0.2, 0.25) is 0 Å². The third-order valence-corrected chi connectivity index (χ3v) is 4.26. The Morgan fingerprint density at radius 2 is 1.84 bits per heavy atom. The van der Waals surface area contributed by atoms with Gasteiger partial charge in [-0.15, -0.1) is 0 Å². The number of amides is 1. The predicted molar refractivity (Wildman–Crippen MR) is 76.3 cm³/mol. The maximum absolute atomic E-state index is 12.4. The van der Waals surface area contributed by atoms with Crippen molar-refractivity contribution in [3.63, 3.8) is 0 Å². The summed E-state index contributed by atoms with van der Waals surface area (Å²) in [6, 6.07) is 8.41. The molecule has 1 amide bonds. The zero-order valence-corrected chi connectivity index (χ0v) is 11.3. The number of fused-ring (bicyclic) bond motifs is 1. The number of carbonyl (C=O) groups is 1. The van der Waals surface area contributed by atoms with E-state index in [4.69, 9.17) is 5.73 Å². The maximum Gasteiger partial charge on any atom is 0.265 e. The van der Waals surface area contributed by atoms with Crippen molar-refractivity contribution in [1.82, 2.24) is 9.88 Å². The smallest absolute Gasteiger partial charge is 0.265 e. The Labute approximate surface area is 115 Å². The number of thiazole rings is 1. The van der Waals surface area contributed by atoms with E-state index in [0.717, 1.165) is 25.9 Å². The van der Waals surface area contributed by atoms with E-state index in [0.29, 0.717) is 10.0 Å². The monoisotopic (exact) mass is 273 g/mol. The highest BCUT2D eigenvalue weighted by Gasteiger charge is 2.21. The standard InChI is InChI=1S/C14H15N3OS/c15-14-16-9-12(19-14)13(18)17-7-5-10-3-1-2-4-11(10)6-8-17/h1-4,9H,5-8H2,(H2,15,16). The lowest BCUT2D eigenvalue weighted by atomic mass is 10.0. The van der Waals surface area contributed by atoms with Gasteiger partial charge in [0.05, 0.1) is 6.20 Å². The van der Waals surface area contributed by atoms with Crippen molar-refractivity contribution in [2.24, 2.45) is 0 Å². The van der Waals surface area contributed by atoms with Crippen LogP contribution in [0.2, 0.25) is 0 Å². The largest absolute Gasteiger partial charge is 0.375 e. The van der Waals surface area contributed by atoms with E-state index in [1.54, 1.807) is 6.20 Å². The van der Waals surface area contributed by atoms with Crippen molar-refractivity contribution in [3.05, 3.63) is 46.5 Å². The van der Waals surface area contributed by atoms with Gasteiger partial charge in [0.1, 0.15) is 4.88 Å². The molecule has 0 unspecified atom stereocenters. The Balaban J connectivity index is 1.77. The fourth-order valence-electron chi connectivity index (χ4n) is 2.41. The topological polar surface area (TPSA) is 59.2 Å². The van der Waals surface area contributed by atoms with E-state index >= 15 is 0 Å². The van der Waals surface area contributed by atoms with Crippen LogP contribution in [0.4, 0.5) is 5.13 Å². The summed E-state index contributed by atoms with van der Waals surface area (Å²) >= 11 is 1.26. The molecule has 1 aromatic carbocycles. The third kappa shape index (κ3) is 2.46. The van der Waals surface area contributed by atoms with Gasteiger partial charge in [-0.2, -0.15) is 0 Å². The minimum absolute atomic E-state index is 0.0435. The van der Waals surface area contributed by atoms with Crippen molar-refractivity contribution >= 4 is 22.4 Å². The summed E-state index contributed by atoms with van der Waals surface area (Å²) in [7, 11) is 0. The van der Waals surface area contributed by atoms with Gasteiger partial charge in [0, 0.05) is 13.1 Å². The van der Waals surface area contributed by atoms with Crippen LogP contribution in [-0.2, 0) is 12.8 Å². The molecule has 0 saturated heterocycles. The number of nitrogens with zero attached hydrogens (tertiary/aromatic N) is 2. The fraction of sp³-hybridized carbons (Fsp3) is 0.286. The van der Waals surface area contributed by atoms with Crippen LogP contribution in [0.1, 0.15) is 20.8 Å². The number of benzene rings is 1. The molecule has 1 aliphatic rings. The molecule has 98 valence electrons. The quantitative estimate of drug-likeness (QED) is 0.864. The predicted octanol–water partition coefficient (Wildman–Crippen LogP) is 1.97. The molecule has 0 radical (unpaired) electrons. The summed E-state index contributed by atoms with van der Waals surface area (Å²) in [5.74, 6) is 0.0435. The molecular formula is C14H15N3OS. The molecule has 5 heteroatoms. The normalized spacial score (nSPS) is 14.8. The summed E-state index contributed by atoms with van der Waals surface area (Å²) < 4.78 is 0. The highest BCUT2D eigenvalue weighted by molar-refractivity contribution is 7.17. The van der Waals surface area contributed by atoms with Crippen molar-refractivity contribution < 1.29 is 4.79 Å². The highest BCUT2D eigenvalue weighted by Crippen LogP contribution is 2.20. The van der Waals surface area contributed by atoms with Crippen LogP contribution in [0.15, 0.2) is 30.5 Å². The lowest BCUT2D eigenvalue weighted by molar-refractivity contribution is 0.0767. The molecule has 1 aromatic heterocycles. The molecule has 2 heterocycles. The number of hydrogen-bond acceptors (Lipinski definition) is 4. The summed E-state index contributed by atoms with van der Waals surface area (Å²) in [4.78, 5) is 18.8. The number of hydrogen-bond donors (Lipinski definition) is 1. The number of nitrogens with two attached hydrogens (primary N) is 1. The summed E-state index contributed by atoms with van der Waals surface area (Å²) in [6.07, 6.45) is 3.40. The zero-order valence-electron chi connectivity index (χ0n) is 10.5. The Morgan fingerprint density at radius 3 is 2.37 bits per heavy atom. The van der Waals surface area contributed by atoms with Crippen LogP contribution >= 0.6 is 11.3 Å². The van der Waals surface area contributed by atoms with Gasteiger partial charge in [0.15, 0.2) is 5.13 Å². The van der Waals surface area contributed by atoms with E-state index in [1.165, 1.54) is 22.5 Å². The molecule has 1 aliphatic heterocycles. The third-order valence-electron chi connectivity index (χ3n) is 3.44. The molecular weight excluding hydrogens is 258 g/mol. The van der Waals surface area contributed by atoms with E-state index in [2.05, 4.69) is 29.2 Å². The molecule has 0 atom stereocenters. The molecule has 0 saturated carbocycles. The Hall–Kier alpha value is -1.88. The van der Waals surface area contributed by atoms with Crippen LogP contribution in [0, 0.1) is 0 Å². The molecule has 19 heavy (non-hydrogen) atoms. The van der Waals surface area contributed by atoms with Crippen LogP contribution in [0.5, 0.6) is 0 Å². The number of carbonyl (C=O) groups excluding carboxylic acids is 1. The molecule has 2 aromatic rings. The van der Waals surface area contributed by atoms with Gasteiger partial charge in [-0.3, -0.25) is 4.79 Å². The van der Waals surface area contributed by atoms with Crippen molar-refractivity contribution in [1.29, 1.82) is 0 Å². The second kappa shape index (κ2) is 5.01. The van der Waals surface area contributed by atoms with E-state index in [1.807, 2.05) is 4.90 Å². The lowest BCUT2D eigenvalue weighted by Crippen LogP contribution is -2.32. The molecule has 2 N–H and O–H groups in total. The number of rotatable bonds is 1. The summed E-state index contributed by atoms with van der Waals surface area (Å²) in [5.41, 5.74) is 8.28. The first-order valence-corrected chi connectivity index (χ1v) is 7.13. The SMILES string of the molecule is Nc1ncc(C(=O)N2CCc3ccccc3CC2)s1. The Bertz CT molecular complexity index is 581. The minimum atomic E-state index is 0.0435. The first-order chi connectivity index (χ1) is 9.24. The zero-order chi connectivity index (χ0) is 13.2. The Morgan fingerprint density at radius 1 is 1.21 bits per heavy atom. The minimum Gasteiger partial charge on any atom is -0.375 e. The first-order valence-electron chi connectivity index (χ1n) is 6.31. The molecule has 4 nitrogen and oxygen atoms in total.